The largest absolute Gasteiger partial charge is 1.00 e. The molecule has 0 spiro atoms. The van der Waals surface area contributed by atoms with E-state index in [1.54, 1.807) is 0 Å². The van der Waals surface area contributed by atoms with Crippen LogP contribution in [0.5, 0.6) is 0 Å². The van der Waals surface area contributed by atoms with Gasteiger partial charge in [-0.15, -0.1) is 0 Å². The maximum absolute atomic E-state index is 5.80. The van der Waals surface area contributed by atoms with Crippen LogP contribution in [0.15, 0.2) is 43.0 Å². The first-order chi connectivity index (χ1) is 11.4. The van der Waals surface area contributed by atoms with E-state index in [2.05, 4.69) is 65.7 Å². The number of benzene rings is 1. The van der Waals surface area contributed by atoms with Gasteiger partial charge in [0.2, 0.25) is 6.33 Å². The SMILES string of the molecule is CC(C[SiH3])C(C)(C)[n+]1ccn(C2CCN(c3ccc(N)cc3)C2)c1.[Cl-]. The van der Waals surface area contributed by atoms with Crippen molar-refractivity contribution in [2.24, 2.45) is 5.92 Å². The molecule has 1 aromatic carbocycles. The van der Waals surface area contributed by atoms with E-state index in [9.17, 15) is 0 Å². The molecule has 0 saturated carbocycles. The molecular formula is C19H31ClN4Si. The van der Waals surface area contributed by atoms with Crippen molar-refractivity contribution < 1.29 is 17.0 Å². The molecule has 3 rings (SSSR count). The molecule has 1 aliphatic rings. The summed E-state index contributed by atoms with van der Waals surface area (Å²) in [6.45, 7) is 9.25. The fourth-order valence-corrected chi connectivity index (χ4v) is 4.58. The first-order valence-corrected chi connectivity index (χ1v) is 10.5. The highest BCUT2D eigenvalue weighted by Crippen LogP contribution is 2.28. The quantitative estimate of drug-likeness (QED) is 0.410. The molecule has 1 aliphatic heterocycles. The van der Waals surface area contributed by atoms with Crippen LogP contribution in [0.2, 0.25) is 6.04 Å². The number of anilines is 2. The van der Waals surface area contributed by atoms with Crippen molar-refractivity contribution in [3.8, 4) is 0 Å². The number of aromatic nitrogens is 2. The van der Waals surface area contributed by atoms with Crippen molar-refractivity contribution in [1.29, 1.82) is 0 Å². The third-order valence-corrected chi connectivity index (χ3v) is 7.21. The summed E-state index contributed by atoms with van der Waals surface area (Å²) in [6, 6.07) is 10.1. The number of rotatable bonds is 5. The number of halogens is 1. The molecule has 1 saturated heterocycles. The van der Waals surface area contributed by atoms with Crippen LogP contribution in [-0.4, -0.2) is 27.9 Å². The van der Waals surface area contributed by atoms with E-state index < -0.39 is 0 Å². The summed E-state index contributed by atoms with van der Waals surface area (Å²) in [7, 11) is 1.27. The molecule has 1 fully saturated rings. The molecule has 2 heterocycles. The zero-order chi connectivity index (χ0) is 17.3. The monoisotopic (exact) mass is 378 g/mol. The summed E-state index contributed by atoms with van der Waals surface area (Å²) >= 11 is 0. The highest BCUT2D eigenvalue weighted by Gasteiger charge is 2.33. The lowest BCUT2D eigenvalue weighted by Gasteiger charge is -2.27. The van der Waals surface area contributed by atoms with E-state index in [4.69, 9.17) is 5.73 Å². The van der Waals surface area contributed by atoms with Crippen molar-refractivity contribution in [2.45, 2.75) is 44.8 Å². The van der Waals surface area contributed by atoms with Crippen LogP contribution in [0.3, 0.4) is 0 Å². The van der Waals surface area contributed by atoms with Gasteiger partial charge in [-0.2, -0.15) is 0 Å². The molecular weight excluding hydrogens is 348 g/mol. The Morgan fingerprint density at radius 3 is 2.64 bits per heavy atom. The maximum atomic E-state index is 5.80. The van der Waals surface area contributed by atoms with Crippen LogP contribution in [-0.2, 0) is 5.54 Å². The second kappa shape index (κ2) is 7.83. The molecule has 0 amide bonds. The topological polar surface area (TPSA) is 38.1 Å². The van der Waals surface area contributed by atoms with Gasteiger partial charge in [0.1, 0.15) is 24.0 Å². The lowest BCUT2D eigenvalue weighted by atomic mass is 9.90. The molecule has 0 radical (unpaired) electrons. The second-order valence-electron chi connectivity index (χ2n) is 7.71. The van der Waals surface area contributed by atoms with Gasteiger partial charge in [0, 0.05) is 34.6 Å². The van der Waals surface area contributed by atoms with Gasteiger partial charge in [-0.1, -0.05) is 13.0 Å². The van der Waals surface area contributed by atoms with E-state index in [1.165, 1.54) is 28.4 Å². The van der Waals surface area contributed by atoms with Crippen molar-refractivity contribution >= 4 is 21.6 Å². The lowest BCUT2D eigenvalue weighted by Crippen LogP contribution is -3.00. The Hall–Kier alpha value is -1.46. The predicted molar refractivity (Wildman–Crippen MR) is 105 cm³/mol. The molecule has 138 valence electrons. The number of imidazole rings is 1. The molecule has 0 bridgehead atoms. The Bertz CT molecular complexity index is 683. The smallest absolute Gasteiger partial charge is 0.244 e. The van der Waals surface area contributed by atoms with Gasteiger partial charge in [-0.3, -0.25) is 0 Å². The Morgan fingerprint density at radius 1 is 1.32 bits per heavy atom. The highest BCUT2D eigenvalue weighted by atomic mass is 35.5. The molecule has 4 nitrogen and oxygen atoms in total. The molecule has 1 aromatic heterocycles. The average Bonchev–Trinajstić information content (AvgIpc) is 3.23. The Balaban J connectivity index is 0.00000225. The molecule has 6 heteroatoms. The number of nitrogens with two attached hydrogens (primary N) is 1. The van der Waals surface area contributed by atoms with Crippen LogP contribution in [0.4, 0.5) is 11.4 Å². The zero-order valence-corrected chi connectivity index (χ0v) is 18.6. The van der Waals surface area contributed by atoms with Gasteiger partial charge in [0.05, 0.1) is 6.54 Å². The van der Waals surface area contributed by atoms with E-state index in [-0.39, 0.29) is 17.9 Å². The van der Waals surface area contributed by atoms with Crippen molar-refractivity contribution in [3.05, 3.63) is 43.0 Å². The Kier molecular flexibility index (Phi) is 6.22. The summed E-state index contributed by atoms with van der Waals surface area (Å²) in [5.74, 6) is 0.708. The third-order valence-electron chi connectivity index (χ3n) is 5.98. The summed E-state index contributed by atoms with van der Waals surface area (Å²) in [5.41, 5.74) is 8.09. The first-order valence-electron chi connectivity index (χ1n) is 9.11. The van der Waals surface area contributed by atoms with Crippen LogP contribution in [0.1, 0.15) is 33.2 Å². The van der Waals surface area contributed by atoms with Gasteiger partial charge in [-0.25, -0.2) is 9.13 Å². The minimum atomic E-state index is 0. The van der Waals surface area contributed by atoms with E-state index in [0.717, 1.165) is 18.8 Å². The van der Waals surface area contributed by atoms with Gasteiger partial charge in [0.25, 0.3) is 0 Å². The standard InChI is InChI=1S/C19H31N4Si.ClH/c1-15(13-24)19(2,3)23-11-10-22(14-23)18-8-9-21(12-18)17-6-4-16(20)5-7-17;/h4-7,10-11,14-15,18H,8-9,12-13,20H2,1-3,24H3;1H/q+1;/p-1. The van der Waals surface area contributed by atoms with E-state index >= 15 is 0 Å². The van der Waals surface area contributed by atoms with Gasteiger partial charge in [-0.05, 0) is 44.0 Å². The van der Waals surface area contributed by atoms with Crippen LogP contribution in [0, 0.1) is 5.92 Å². The van der Waals surface area contributed by atoms with Crippen LogP contribution >= 0.6 is 0 Å². The normalized spacial score (nSPS) is 19.0. The van der Waals surface area contributed by atoms with Gasteiger partial charge < -0.3 is 23.0 Å². The van der Waals surface area contributed by atoms with Crippen molar-refractivity contribution in [1.82, 2.24) is 4.57 Å². The van der Waals surface area contributed by atoms with Gasteiger partial charge >= 0.3 is 0 Å². The summed E-state index contributed by atoms with van der Waals surface area (Å²) in [6.07, 6.45) is 8.00. The molecule has 25 heavy (non-hydrogen) atoms. The summed E-state index contributed by atoms with van der Waals surface area (Å²) < 4.78 is 4.81. The third kappa shape index (κ3) is 4.03. The van der Waals surface area contributed by atoms with Crippen molar-refractivity contribution in [2.75, 3.05) is 23.7 Å². The fraction of sp³-hybridized carbons (Fsp3) is 0.526. The first kappa shape index (κ1) is 19.9. The van der Waals surface area contributed by atoms with Crippen molar-refractivity contribution in [3.63, 3.8) is 0 Å². The Morgan fingerprint density at radius 2 is 2.00 bits per heavy atom. The number of nitrogens with zero attached hydrogens (tertiary/aromatic N) is 3. The summed E-state index contributed by atoms with van der Waals surface area (Å²) in [4.78, 5) is 2.46. The van der Waals surface area contributed by atoms with E-state index in [0.29, 0.717) is 12.0 Å². The molecule has 2 atom stereocenters. The summed E-state index contributed by atoms with van der Waals surface area (Å²) in [5, 5.41) is 0. The van der Waals surface area contributed by atoms with Crippen LogP contribution < -0.4 is 27.6 Å². The van der Waals surface area contributed by atoms with Crippen LogP contribution in [0.25, 0.3) is 0 Å². The fourth-order valence-electron chi connectivity index (χ4n) is 3.59. The molecule has 2 unspecified atom stereocenters. The number of hydrogen-bond acceptors (Lipinski definition) is 2. The second-order valence-corrected chi connectivity index (χ2v) is 8.53. The maximum Gasteiger partial charge on any atom is 0.244 e. The minimum absolute atomic E-state index is 0. The minimum Gasteiger partial charge on any atom is -1.00 e. The Labute approximate surface area is 160 Å². The lowest BCUT2D eigenvalue weighted by molar-refractivity contribution is -0.764. The zero-order valence-electron chi connectivity index (χ0n) is 15.8. The number of hydrogen-bond donors (Lipinski definition) is 1. The van der Waals surface area contributed by atoms with Gasteiger partial charge in [0.15, 0.2) is 0 Å². The highest BCUT2D eigenvalue weighted by molar-refractivity contribution is 6.08. The number of nitrogen functional groups attached to an aromatic ring is 1. The van der Waals surface area contributed by atoms with E-state index in [1.807, 2.05) is 12.1 Å². The average molecular weight is 379 g/mol. The predicted octanol–water partition coefficient (Wildman–Crippen LogP) is -1.03. The molecule has 0 aliphatic carbocycles. The molecule has 2 aromatic rings. The molecule has 2 N–H and O–H groups in total.